The summed E-state index contributed by atoms with van der Waals surface area (Å²) in [5, 5.41) is 8.43. The van der Waals surface area contributed by atoms with Gasteiger partial charge in [0, 0.05) is 4.88 Å². The van der Waals surface area contributed by atoms with E-state index in [0.29, 0.717) is 4.88 Å². The van der Waals surface area contributed by atoms with Gasteiger partial charge in [0.2, 0.25) is 0 Å². The number of amides is 1. The first-order chi connectivity index (χ1) is 6.65. The Balaban J connectivity index is 2.56. The molecule has 0 aliphatic heterocycles. The number of rotatable bonds is 4. The minimum absolute atomic E-state index is 0.106. The van der Waals surface area contributed by atoms with Crippen LogP contribution in [0.1, 0.15) is 20.1 Å². The van der Waals surface area contributed by atoms with Crippen molar-refractivity contribution in [3.63, 3.8) is 0 Å². The van der Waals surface area contributed by atoms with Gasteiger partial charge in [-0.25, -0.2) is 5.48 Å². The molecule has 0 atom stereocenters. The zero-order valence-corrected chi connectivity index (χ0v) is 8.98. The van der Waals surface area contributed by atoms with Gasteiger partial charge in [0.15, 0.2) is 0 Å². The van der Waals surface area contributed by atoms with Crippen molar-refractivity contribution in [3.05, 3.63) is 21.4 Å². The number of nitrogens with one attached hydrogen (secondary N) is 1. The molecule has 0 saturated heterocycles. The third-order valence-corrected chi connectivity index (χ3v) is 2.76. The highest BCUT2D eigenvalue weighted by Gasteiger charge is 2.11. The average molecular weight is 215 g/mol. The predicted octanol–water partition coefficient (Wildman–Crippen LogP) is 1.02. The Hall–Kier alpha value is -0.910. The second-order valence-corrected chi connectivity index (χ2v) is 4.13. The van der Waals surface area contributed by atoms with Crippen molar-refractivity contribution in [1.29, 1.82) is 0 Å². The van der Waals surface area contributed by atoms with Gasteiger partial charge in [0.1, 0.15) is 0 Å². The minimum atomic E-state index is -0.256. The van der Waals surface area contributed by atoms with Gasteiger partial charge in [-0.15, -0.1) is 11.3 Å². The molecule has 1 aromatic heterocycles. The number of hydrogen-bond donors (Lipinski definition) is 2. The molecule has 2 N–H and O–H groups in total. The van der Waals surface area contributed by atoms with Crippen molar-refractivity contribution in [1.82, 2.24) is 5.48 Å². The topological polar surface area (TPSA) is 58.6 Å². The second kappa shape index (κ2) is 5.09. The molecule has 0 unspecified atom stereocenters. The average Bonchev–Trinajstić information content (AvgIpc) is 2.45. The molecule has 0 aromatic carbocycles. The summed E-state index contributed by atoms with van der Waals surface area (Å²) < 4.78 is 0. The Morgan fingerprint density at radius 3 is 2.86 bits per heavy atom. The molecule has 78 valence electrons. The fourth-order valence-corrected chi connectivity index (χ4v) is 1.99. The van der Waals surface area contributed by atoms with Gasteiger partial charge >= 0.3 is 0 Å². The highest BCUT2D eigenvalue weighted by Crippen LogP contribution is 2.20. The minimum Gasteiger partial charge on any atom is -0.394 e. The van der Waals surface area contributed by atoms with Gasteiger partial charge in [-0.1, -0.05) is 0 Å². The van der Waals surface area contributed by atoms with Gasteiger partial charge in [-0.05, 0) is 25.5 Å². The highest BCUT2D eigenvalue weighted by atomic mass is 32.1. The van der Waals surface area contributed by atoms with Crippen LogP contribution in [0.2, 0.25) is 0 Å². The third kappa shape index (κ3) is 2.80. The summed E-state index contributed by atoms with van der Waals surface area (Å²) in [6.45, 7) is 3.82. The molecule has 0 radical (unpaired) electrons. The van der Waals surface area contributed by atoms with E-state index in [1.54, 1.807) is 0 Å². The van der Waals surface area contributed by atoms with E-state index in [0.717, 1.165) is 10.4 Å². The molecule has 1 rings (SSSR count). The van der Waals surface area contributed by atoms with E-state index in [9.17, 15) is 4.79 Å². The Kier molecular flexibility index (Phi) is 4.06. The fraction of sp³-hybridized carbons (Fsp3) is 0.444. The largest absolute Gasteiger partial charge is 0.394 e. The number of aliphatic hydroxyl groups excluding tert-OH is 1. The molecule has 0 fully saturated rings. The Morgan fingerprint density at radius 1 is 1.64 bits per heavy atom. The molecule has 0 saturated carbocycles. The first kappa shape index (κ1) is 11.2. The summed E-state index contributed by atoms with van der Waals surface area (Å²) in [7, 11) is 0. The Bertz CT molecular complexity index is 322. The number of hydrogen-bond acceptors (Lipinski definition) is 4. The molecular formula is C9H13NO3S. The maximum atomic E-state index is 11.4. The molecule has 0 bridgehead atoms. The van der Waals surface area contributed by atoms with Crippen LogP contribution < -0.4 is 5.48 Å². The van der Waals surface area contributed by atoms with Gasteiger partial charge in [0.25, 0.3) is 5.91 Å². The van der Waals surface area contributed by atoms with Crippen molar-refractivity contribution in [2.45, 2.75) is 13.8 Å². The quantitative estimate of drug-likeness (QED) is 0.582. The third-order valence-electron chi connectivity index (χ3n) is 1.61. The molecule has 0 spiro atoms. The van der Waals surface area contributed by atoms with E-state index in [1.165, 1.54) is 11.3 Å². The maximum Gasteiger partial charge on any atom is 0.285 e. The van der Waals surface area contributed by atoms with Crippen molar-refractivity contribution >= 4 is 17.2 Å². The number of thiophene rings is 1. The summed E-state index contributed by atoms with van der Waals surface area (Å²) >= 11 is 1.43. The van der Waals surface area contributed by atoms with Crippen molar-refractivity contribution < 1.29 is 14.7 Å². The van der Waals surface area contributed by atoms with Crippen LogP contribution in [0.4, 0.5) is 0 Å². The monoisotopic (exact) mass is 215 g/mol. The van der Waals surface area contributed by atoms with Crippen LogP contribution >= 0.6 is 11.3 Å². The lowest BCUT2D eigenvalue weighted by Crippen LogP contribution is -2.24. The molecule has 14 heavy (non-hydrogen) atoms. The van der Waals surface area contributed by atoms with Crippen LogP contribution in [0.5, 0.6) is 0 Å². The zero-order chi connectivity index (χ0) is 10.6. The second-order valence-electron chi connectivity index (χ2n) is 2.87. The number of carbonyl (C=O) groups excluding carboxylic acids is 1. The van der Waals surface area contributed by atoms with Gasteiger partial charge < -0.3 is 5.11 Å². The number of aliphatic hydroxyl groups is 1. The van der Waals surface area contributed by atoms with Gasteiger partial charge in [0.05, 0.1) is 18.1 Å². The molecule has 1 heterocycles. The van der Waals surface area contributed by atoms with E-state index in [4.69, 9.17) is 9.94 Å². The van der Waals surface area contributed by atoms with Crippen molar-refractivity contribution in [3.8, 4) is 0 Å². The molecule has 4 nitrogen and oxygen atoms in total. The Labute approximate surface area is 86.5 Å². The van der Waals surface area contributed by atoms with Crippen LogP contribution in [0.15, 0.2) is 6.07 Å². The molecule has 1 amide bonds. The first-order valence-corrected chi connectivity index (χ1v) is 5.07. The number of carbonyl (C=O) groups is 1. The highest BCUT2D eigenvalue weighted by molar-refractivity contribution is 7.14. The fourth-order valence-electron chi connectivity index (χ4n) is 1.08. The first-order valence-electron chi connectivity index (χ1n) is 4.25. The normalized spacial score (nSPS) is 10.2. The van der Waals surface area contributed by atoms with E-state index in [-0.39, 0.29) is 19.1 Å². The molecule has 1 aromatic rings. The standard InChI is InChI=1S/C9H13NO3S/c1-6-5-7(2)14-8(6)9(12)10-13-4-3-11/h5,11H,3-4H2,1-2H3,(H,10,12). The van der Waals surface area contributed by atoms with Crippen LogP contribution in [0.3, 0.4) is 0 Å². The van der Waals surface area contributed by atoms with E-state index in [1.807, 2.05) is 19.9 Å². The van der Waals surface area contributed by atoms with Crippen molar-refractivity contribution in [2.24, 2.45) is 0 Å². The van der Waals surface area contributed by atoms with Crippen molar-refractivity contribution in [2.75, 3.05) is 13.2 Å². The summed E-state index contributed by atoms with van der Waals surface area (Å²) in [5.74, 6) is -0.256. The molecule has 0 aliphatic carbocycles. The maximum absolute atomic E-state index is 11.4. The van der Waals surface area contributed by atoms with E-state index in [2.05, 4.69) is 5.48 Å². The summed E-state index contributed by atoms with van der Waals surface area (Å²) in [6, 6.07) is 1.95. The molecular weight excluding hydrogens is 202 g/mol. The number of aryl methyl sites for hydroxylation is 2. The zero-order valence-electron chi connectivity index (χ0n) is 8.16. The summed E-state index contributed by atoms with van der Waals surface area (Å²) in [4.78, 5) is 17.9. The van der Waals surface area contributed by atoms with Crippen LogP contribution in [0, 0.1) is 13.8 Å². The van der Waals surface area contributed by atoms with Crippen LogP contribution in [0.25, 0.3) is 0 Å². The van der Waals surface area contributed by atoms with Crippen LogP contribution in [-0.4, -0.2) is 24.2 Å². The molecule has 5 heteroatoms. The lowest BCUT2D eigenvalue weighted by Gasteiger charge is -2.02. The summed E-state index contributed by atoms with van der Waals surface area (Å²) in [6.07, 6.45) is 0. The van der Waals surface area contributed by atoms with Crippen LogP contribution in [-0.2, 0) is 4.84 Å². The molecule has 0 aliphatic rings. The van der Waals surface area contributed by atoms with E-state index >= 15 is 0 Å². The summed E-state index contributed by atoms with van der Waals surface area (Å²) in [5.41, 5.74) is 3.21. The lowest BCUT2D eigenvalue weighted by molar-refractivity contribution is 0.0171. The Morgan fingerprint density at radius 2 is 2.36 bits per heavy atom. The smallest absolute Gasteiger partial charge is 0.285 e. The predicted molar refractivity (Wildman–Crippen MR) is 54.3 cm³/mol. The van der Waals surface area contributed by atoms with E-state index < -0.39 is 0 Å². The van der Waals surface area contributed by atoms with Gasteiger partial charge in [-0.3, -0.25) is 9.63 Å². The lowest BCUT2D eigenvalue weighted by atomic mass is 10.2. The number of hydroxylamine groups is 1. The van der Waals surface area contributed by atoms with Gasteiger partial charge in [-0.2, -0.15) is 0 Å². The SMILES string of the molecule is Cc1cc(C)c(C(=O)NOCCO)s1.